The van der Waals surface area contributed by atoms with Gasteiger partial charge in [-0.3, -0.25) is 0 Å². The summed E-state index contributed by atoms with van der Waals surface area (Å²) in [6.45, 7) is 1.86. The normalized spacial score (nSPS) is 11.8. The summed E-state index contributed by atoms with van der Waals surface area (Å²) in [5, 5.41) is 13.5. The Hall–Kier alpha value is -2.50. The van der Waals surface area contributed by atoms with Crippen LogP contribution in [0.1, 0.15) is 5.82 Å². The lowest BCUT2D eigenvalue weighted by molar-refractivity contribution is 0.886. The molecule has 1 aromatic carbocycles. The van der Waals surface area contributed by atoms with Gasteiger partial charge < -0.3 is 4.98 Å². The fraction of sp³-hybridized carbons (Fsp3) is 0.0909. The minimum atomic E-state index is 0.515. The van der Waals surface area contributed by atoms with Crippen LogP contribution < -0.4 is 0 Å². The second kappa shape index (κ2) is 2.79. The van der Waals surface area contributed by atoms with E-state index in [0.29, 0.717) is 5.78 Å². The molecule has 0 atom stereocenters. The van der Waals surface area contributed by atoms with E-state index in [-0.39, 0.29) is 0 Å². The standard InChI is InChI=1S/C11H8N6/c1-6-14-15-11-13-10-9(16-17(6)11)7-4-2-3-5-8(7)12-10/h2-5H,1H3,(H,12,13,15). The quantitative estimate of drug-likeness (QED) is 0.491. The first-order valence-corrected chi connectivity index (χ1v) is 5.29. The highest BCUT2D eigenvalue weighted by Crippen LogP contribution is 2.21. The average molecular weight is 224 g/mol. The molecule has 17 heavy (non-hydrogen) atoms. The second-order valence-corrected chi connectivity index (χ2v) is 3.94. The number of para-hydroxylation sites is 1. The molecule has 0 bridgehead atoms. The van der Waals surface area contributed by atoms with Crippen LogP contribution in [0.25, 0.3) is 27.8 Å². The largest absolute Gasteiger partial charge is 0.338 e. The Balaban J connectivity index is 2.29. The Morgan fingerprint density at radius 3 is 3.00 bits per heavy atom. The van der Waals surface area contributed by atoms with Gasteiger partial charge in [-0.1, -0.05) is 18.2 Å². The molecule has 3 heterocycles. The van der Waals surface area contributed by atoms with Gasteiger partial charge in [0.2, 0.25) is 0 Å². The van der Waals surface area contributed by atoms with Crippen molar-refractivity contribution in [2.45, 2.75) is 6.92 Å². The molecule has 6 heteroatoms. The lowest BCUT2D eigenvalue weighted by Gasteiger charge is -1.93. The number of fused-ring (bicyclic) bond motifs is 4. The number of rotatable bonds is 0. The highest BCUT2D eigenvalue weighted by atomic mass is 15.4. The van der Waals surface area contributed by atoms with E-state index in [0.717, 1.165) is 27.9 Å². The van der Waals surface area contributed by atoms with Crippen LogP contribution in [0.5, 0.6) is 0 Å². The Morgan fingerprint density at radius 1 is 1.18 bits per heavy atom. The smallest absolute Gasteiger partial charge is 0.273 e. The molecule has 6 nitrogen and oxygen atoms in total. The van der Waals surface area contributed by atoms with Crippen LogP contribution in [0.15, 0.2) is 24.3 Å². The molecule has 4 aromatic rings. The van der Waals surface area contributed by atoms with Gasteiger partial charge in [0.1, 0.15) is 5.52 Å². The molecule has 0 amide bonds. The third kappa shape index (κ3) is 1.04. The number of H-pyrrole nitrogens is 1. The number of nitrogens with zero attached hydrogens (tertiary/aromatic N) is 5. The zero-order chi connectivity index (χ0) is 11.4. The van der Waals surface area contributed by atoms with Gasteiger partial charge in [0, 0.05) is 10.9 Å². The van der Waals surface area contributed by atoms with E-state index in [9.17, 15) is 0 Å². The zero-order valence-corrected chi connectivity index (χ0v) is 9.05. The van der Waals surface area contributed by atoms with Gasteiger partial charge >= 0.3 is 0 Å². The summed E-state index contributed by atoms with van der Waals surface area (Å²) in [6.07, 6.45) is 0. The predicted molar refractivity (Wildman–Crippen MR) is 62.7 cm³/mol. The minimum absolute atomic E-state index is 0.515. The monoisotopic (exact) mass is 224 g/mol. The van der Waals surface area contributed by atoms with Crippen LogP contribution in [0.4, 0.5) is 0 Å². The van der Waals surface area contributed by atoms with Gasteiger partial charge in [0.05, 0.1) is 0 Å². The maximum atomic E-state index is 4.52. The first-order chi connectivity index (χ1) is 8.33. The van der Waals surface area contributed by atoms with Crippen LogP contribution in [0, 0.1) is 6.92 Å². The summed E-state index contributed by atoms with van der Waals surface area (Å²) in [4.78, 5) is 7.63. The van der Waals surface area contributed by atoms with Crippen molar-refractivity contribution in [1.82, 2.24) is 29.8 Å². The van der Waals surface area contributed by atoms with Crippen molar-refractivity contribution in [3.63, 3.8) is 0 Å². The van der Waals surface area contributed by atoms with Crippen molar-refractivity contribution in [3.05, 3.63) is 30.1 Å². The van der Waals surface area contributed by atoms with E-state index in [1.165, 1.54) is 0 Å². The Morgan fingerprint density at radius 2 is 2.06 bits per heavy atom. The molecular formula is C11H8N6. The molecule has 0 saturated heterocycles. The fourth-order valence-corrected chi connectivity index (χ4v) is 2.03. The number of nitrogens with one attached hydrogen (secondary N) is 1. The maximum Gasteiger partial charge on any atom is 0.273 e. The second-order valence-electron chi connectivity index (χ2n) is 3.94. The van der Waals surface area contributed by atoms with E-state index >= 15 is 0 Å². The third-order valence-corrected chi connectivity index (χ3v) is 2.85. The molecular weight excluding hydrogens is 216 g/mol. The molecule has 0 spiro atoms. The highest BCUT2D eigenvalue weighted by Gasteiger charge is 2.10. The Labute approximate surface area is 95.3 Å². The summed E-state index contributed by atoms with van der Waals surface area (Å²) in [5.74, 6) is 1.25. The van der Waals surface area contributed by atoms with Crippen molar-refractivity contribution >= 4 is 27.8 Å². The highest BCUT2D eigenvalue weighted by molar-refractivity contribution is 6.03. The molecule has 0 radical (unpaired) electrons. The van der Waals surface area contributed by atoms with Crippen molar-refractivity contribution in [2.75, 3.05) is 0 Å². The molecule has 0 unspecified atom stereocenters. The van der Waals surface area contributed by atoms with Crippen LogP contribution in [-0.2, 0) is 0 Å². The summed E-state index contributed by atoms with van der Waals surface area (Å²) < 4.78 is 1.66. The average Bonchev–Trinajstić information content (AvgIpc) is 2.88. The van der Waals surface area contributed by atoms with Crippen LogP contribution in [-0.4, -0.2) is 29.8 Å². The van der Waals surface area contributed by atoms with Crippen LogP contribution in [0.2, 0.25) is 0 Å². The number of aromatic amines is 1. The molecule has 0 saturated carbocycles. The van der Waals surface area contributed by atoms with Gasteiger partial charge in [0.25, 0.3) is 5.78 Å². The maximum absolute atomic E-state index is 4.52. The van der Waals surface area contributed by atoms with Crippen LogP contribution >= 0.6 is 0 Å². The molecule has 0 aliphatic rings. The summed E-state index contributed by atoms with van der Waals surface area (Å²) in [5.41, 5.74) is 2.61. The predicted octanol–water partition coefficient (Wildman–Crippen LogP) is 1.46. The summed E-state index contributed by atoms with van der Waals surface area (Å²) in [6, 6.07) is 8.00. The lowest BCUT2D eigenvalue weighted by atomic mass is 10.2. The first-order valence-electron chi connectivity index (χ1n) is 5.29. The van der Waals surface area contributed by atoms with E-state index in [1.54, 1.807) is 4.52 Å². The van der Waals surface area contributed by atoms with Crippen LogP contribution in [0.3, 0.4) is 0 Å². The topological polar surface area (TPSA) is 71.8 Å². The Kier molecular flexibility index (Phi) is 1.42. The molecule has 3 aromatic heterocycles. The van der Waals surface area contributed by atoms with Gasteiger partial charge in [0.15, 0.2) is 11.5 Å². The number of aryl methyl sites for hydroxylation is 1. The molecule has 4 rings (SSSR count). The van der Waals surface area contributed by atoms with Gasteiger partial charge in [-0.2, -0.15) is 14.6 Å². The SMILES string of the molecule is Cc1nnc2nc3[nH]c4ccccc4c3nn12. The van der Waals surface area contributed by atoms with Crippen molar-refractivity contribution in [1.29, 1.82) is 0 Å². The molecule has 1 N–H and O–H groups in total. The van der Waals surface area contributed by atoms with E-state index in [4.69, 9.17) is 0 Å². The first kappa shape index (κ1) is 8.63. The fourth-order valence-electron chi connectivity index (χ4n) is 2.03. The number of benzene rings is 1. The number of aromatic nitrogens is 6. The van der Waals surface area contributed by atoms with E-state index in [1.807, 2.05) is 31.2 Å². The van der Waals surface area contributed by atoms with E-state index in [2.05, 4.69) is 25.3 Å². The third-order valence-electron chi connectivity index (χ3n) is 2.85. The Bertz CT molecular complexity index is 856. The molecule has 0 fully saturated rings. The number of hydrogen-bond acceptors (Lipinski definition) is 4. The lowest BCUT2D eigenvalue weighted by Crippen LogP contribution is -1.96. The van der Waals surface area contributed by atoms with Crippen molar-refractivity contribution in [3.8, 4) is 0 Å². The summed E-state index contributed by atoms with van der Waals surface area (Å²) >= 11 is 0. The molecule has 0 aliphatic carbocycles. The summed E-state index contributed by atoms with van der Waals surface area (Å²) in [7, 11) is 0. The molecule has 82 valence electrons. The van der Waals surface area contributed by atoms with Crippen molar-refractivity contribution < 1.29 is 0 Å². The van der Waals surface area contributed by atoms with Gasteiger partial charge in [-0.15, -0.1) is 10.2 Å². The minimum Gasteiger partial charge on any atom is -0.338 e. The molecule has 0 aliphatic heterocycles. The van der Waals surface area contributed by atoms with E-state index < -0.39 is 0 Å². The van der Waals surface area contributed by atoms with Gasteiger partial charge in [-0.05, 0) is 13.0 Å². The van der Waals surface area contributed by atoms with Crippen molar-refractivity contribution in [2.24, 2.45) is 0 Å². The zero-order valence-electron chi connectivity index (χ0n) is 9.05. The number of hydrogen-bond donors (Lipinski definition) is 1. The van der Waals surface area contributed by atoms with Gasteiger partial charge in [-0.25, -0.2) is 0 Å².